The third-order valence-electron chi connectivity index (χ3n) is 2.84. The molecule has 1 atom stereocenters. The molecule has 0 saturated heterocycles. The normalized spacial score (nSPS) is 13.2. The predicted octanol–water partition coefficient (Wildman–Crippen LogP) is 1.80. The lowest BCUT2D eigenvalue weighted by molar-refractivity contribution is -0.109. The summed E-state index contributed by atoms with van der Waals surface area (Å²) in [5.41, 5.74) is 0.817. The number of methoxy groups -OCH3 is 1. The molecule has 1 unspecified atom stereocenters. The Labute approximate surface area is 108 Å². The van der Waals surface area contributed by atoms with E-state index in [1.165, 1.54) is 0 Å². The predicted molar refractivity (Wildman–Crippen MR) is 69.5 cm³/mol. The molecule has 0 amide bonds. The number of hydrogen-bond donors (Lipinski definition) is 0. The fourth-order valence-electron chi connectivity index (χ4n) is 1.65. The molecule has 100 valence electrons. The number of benzene rings is 1. The first-order valence-corrected chi connectivity index (χ1v) is 7.47. The van der Waals surface area contributed by atoms with Crippen molar-refractivity contribution in [1.29, 1.82) is 0 Å². The molecule has 1 aromatic rings. The van der Waals surface area contributed by atoms with Gasteiger partial charge < -0.3 is 9.53 Å². The van der Waals surface area contributed by atoms with Crippen LogP contribution < -0.4 is 0 Å². The van der Waals surface area contributed by atoms with Gasteiger partial charge in [0, 0.05) is 19.6 Å². The van der Waals surface area contributed by atoms with Crippen molar-refractivity contribution in [3.8, 4) is 0 Å². The van der Waals surface area contributed by atoms with E-state index in [1.807, 2.05) is 0 Å². The zero-order valence-corrected chi connectivity index (χ0v) is 11.4. The van der Waals surface area contributed by atoms with Crippen LogP contribution in [0.1, 0.15) is 24.8 Å². The van der Waals surface area contributed by atoms with Gasteiger partial charge in [-0.25, -0.2) is 8.42 Å². The monoisotopic (exact) mass is 270 g/mol. The van der Waals surface area contributed by atoms with Crippen LogP contribution in [0.25, 0.3) is 0 Å². The lowest BCUT2D eigenvalue weighted by atomic mass is 9.98. The number of ether oxygens (including phenoxy) is 1. The fourth-order valence-corrected chi connectivity index (χ4v) is 2.53. The second kappa shape index (κ2) is 6.66. The molecule has 1 rings (SSSR count). The molecule has 0 aromatic heterocycles. The molecule has 0 aliphatic rings. The van der Waals surface area contributed by atoms with Crippen molar-refractivity contribution >= 4 is 16.1 Å². The summed E-state index contributed by atoms with van der Waals surface area (Å²) in [6.07, 6.45) is 1.46. The van der Waals surface area contributed by atoms with E-state index in [0.29, 0.717) is 17.9 Å². The van der Waals surface area contributed by atoms with Crippen LogP contribution >= 0.6 is 0 Å². The van der Waals surface area contributed by atoms with Crippen LogP contribution in [0.15, 0.2) is 29.2 Å². The van der Waals surface area contributed by atoms with Gasteiger partial charge in [0.05, 0.1) is 10.6 Å². The number of hydrogen-bond acceptors (Lipinski definition) is 4. The summed E-state index contributed by atoms with van der Waals surface area (Å²) >= 11 is 0. The van der Waals surface area contributed by atoms with Gasteiger partial charge in [-0.3, -0.25) is 0 Å². The first kappa shape index (κ1) is 14.9. The lowest BCUT2D eigenvalue weighted by Crippen LogP contribution is -2.06. The zero-order chi connectivity index (χ0) is 13.6. The van der Waals surface area contributed by atoms with Crippen LogP contribution in [0.3, 0.4) is 0 Å². The summed E-state index contributed by atoms with van der Waals surface area (Å²) in [4.78, 5) is 11.3. The van der Waals surface area contributed by atoms with E-state index in [4.69, 9.17) is 4.74 Å². The van der Waals surface area contributed by atoms with Crippen LogP contribution in [-0.2, 0) is 19.4 Å². The molecule has 5 heteroatoms. The summed E-state index contributed by atoms with van der Waals surface area (Å²) in [5.74, 6) is -0.170. The highest BCUT2D eigenvalue weighted by molar-refractivity contribution is 7.91. The molecule has 4 nitrogen and oxygen atoms in total. The highest BCUT2D eigenvalue weighted by Gasteiger charge is 2.14. The first-order chi connectivity index (χ1) is 8.55. The Morgan fingerprint density at radius 2 is 1.89 bits per heavy atom. The summed E-state index contributed by atoms with van der Waals surface area (Å²) in [5, 5.41) is 0. The molecule has 0 radical (unpaired) electrons. The highest BCUT2D eigenvalue weighted by Crippen LogP contribution is 2.20. The summed E-state index contributed by atoms with van der Waals surface area (Å²) < 4.78 is 28.2. The standard InChI is InChI=1S/C13H18O4S/c1-3-18(15,16)13-6-4-11(5-7-13)12(10-14)8-9-17-2/h4-7,10,12H,3,8-9H2,1-2H3. The van der Waals surface area contributed by atoms with Gasteiger partial charge in [-0.05, 0) is 24.1 Å². The van der Waals surface area contributed by atoms with Crippen LogP contribution in [0.5, 0.6) is 0 Å². The average molecular weight is 270 g/mol. The summed E-state index contributed by atoms with van der Waals surface area (Å²) in [6.45, 7) is 2.11. The second-order valence-corrected chi connectivity index (χ2v) is 6.27. The lowest BCUT2D eigenvalue weighted by Gasteiger charge is -2.10. The largest absolute Gasteiger partial charge is 0.385 e. The Bertz CT molecular complexity index is 476. The quantitative estimate of drug-likeness (QED) is 0.709. The number of sulfone groups is 1. The highest BCUT2D eigenvalue weighted by atomic mass is 32.2. The van der Waals surface area contributed by atoms with Crippen LogP contribution in [-0.4, -0.2) is 34.2 Å². The van der Waals surface area contributed by atoms with Crippen LogP contribution in [0.2, 0.25) is 0 Å². The van der Waals surface area contributed by atoms with Crippen molar-refractivity contribution in [3.63, 3.8) is 0 Å². The van der Waals surface area contributed by atoms with Crippen molar-refractivity contribution in [1.82, 2.24) is 0 Å². The van der Waals surface area contributed by atoms with E-state index in [1.54, 1.807) is 38.3 Å². The van der Waals surface area contributed by atoms with Crippen molar-refractivity contribution < 1.29 is 17.9 Å². The van der Waals surface area contributed by atoms with Gasteiger partial charge in [-0.15, -0.1) is 0 Å². The van der Waals surface area contributed by atoms with Gasteiger partial charge in [-0.1, -0.05) is 19.1 Å². The van der Waals surface area contributed by atoms with E-state index in [-0.39, 0.29) is 11.7 Å². The Balaban J connectivity index is 2.91. The average Bonchev–Trinajstić information content (AvgIpc) is 2.40. The molecule has 1 aromatic carbocycles. The zero-order valence-electron chi connectivity index (χ0n) is 10.6. The maximum Gasteiger partial charge on any atom is 0.178 e. The van der Waals surface area contributed by atoms with Crippen LogP contribution in [0.4, 0.5) is 0 Å². The summed E-state index contributed by atoms with van der Waals surface area (Å²) in [7, 11) is -1.60. The second-order valence-electron chi connectivity index (χ2n) is 4.00. The fraction of sp³-hybridized carbons (Fsp3) is 0.462. The molecule has 0 bridgehead atoms. The molecule has 0 fully saturated rings. The molecular formula is C13H18O4S. The Kier molecular flexibility index (Phi) is 5.50. The molecule has 0 heterocycles. The van der Waals surface area contributed by atoms with Crippen molar-refractivity contribution in [2.45, 2.75) is 24.2 Å². The molecule has 0 N–H and O–H groups in total. The summed E-state index contributed by atoms with van der Waals surface area (Å²) in [6, 6.07) is 6.49. The van der Waals surface area contributed by atoms with Gasteiger partial charge in [0.2, 0.25) is 0 Å². The van der Waals surface area contributed by atoms with Gasteiger partial charge >= 0.3 is 0 Å². The number of carbonyl (C=O) groups is 1. The molecule has 0 aliphatic carbocycles. The maximum atomic E-state index is 11.6. The minimum atomic E-state index is -3.18. The molecule has 18 heavy (non-hydrogen) atoms. The van der Waals surface area contributed by atoms with Gasteiger partial charge in [-0.2, -0.15) is 0 Å². The van der Waals surface area contributed by atoms with Gasteiger partial charge in [0.15, 0.2) is 9.84 Å². The third-order valence-corrected chi connectivity index (χ3v) is 4.60. The number of carbonyl (C=O) groups excluding carboxylic acids is 1. The molecule has 0 aliphatic heterocycles. The van der Waals surface area contributed by atoms with Crippen LogP contribution in [0, 0.1) is 0 Å². The topological polar surface area (TPSA) is 60.4 Å². The van der Waals surface area contributed by atoms with E-state index in [9.17, 15) is 13.2 Å². The van der Waals surface area contributed by atoms with E-state index in [0.717, 1.165) is 11.8 Å². The minimum Gasteiger partial charge on any atom is -0.385 e. The van der Waals surface area contributed by atoms with Crippen molar-refractivity contribution in [2.75, 3.05) is 19.5 Å². The smallest absolute Gasteiger partial charge is 0.178 e. The molecule has 0 saturated carbocycles. The Morgan fingerprint density at radius 3 is 2.33 bits per heavy atom. The van der Waals surface area contributed by atoms with Gasteiger partial charge in [0.25, 0.3) is 0 Å². The Hall–Kier alpha value is -1.20. The number of aldehydes is 1. The van der Waals surface area contributed by atoms with Crippen molar-refractivity contribution in [2.24, 2.45) is 0 Å². The Morgan fingerprint density at radius 1 is 1.28 bits per heavy atom. The van der Waals surface area contributed by atoms with E-state index in [2.05, 4.69) is 0 Å². The third kappa shape index (κ3) is 3.65. The minimum absolute atomic E-state index is 0.0765. The molecule has 0 spiro atoms. The number of rotatable bonds is 7. The van der Waals surface area contributed by atoms with E-state index >= 15 is 0 Å². The van der Waals surface area contributed by atoms with Gasteiger partial charge in [0.1, 0.15) is 6.29 Å². The van der Waals surface area contributed by atoms with Crippen molar-refractivity contribution in [3.05, 3.63) is 29.8 Å². The SMILES string of the molecule is CCS(=O)(=O)c1ccc(C(C=O)CCOC)cc1. The maximum absolute atomic E-state index is 11.6. The van der Waals surface area contributed by atoms with E-state index < -0.39 is 9.84 Å². The molecular weight excluding hydrogens is 252 g/mol. The first-order valence-electron chi connectivity index (χ1n) is 5.82.